The Morgan fingerprint density at radius 1 is 1.44 bits per heavy atom. The standard InChI is InChI=1S/C12H25N3O/c1-9(2)15-8-10(3)7-14(5)12(16)11(15)6-13-4/h9-11,13H,6-8H2,1-5H3. The van der Waals surface area contributed by atoms with Gasteiger partial charge in [0.15, 0.2) is 0 Å². The Morgan fingerprint density at radius 3 is 2.56 bits per heavy atom. The summed E-state index contributed by atoms with van der Waals surface area (Å²) in [6, 6.07) is 0.399. The van der Waals surface area contributed by atoms with Gasteiger partial charge in [0.05, 0.1) is 0 Å². The maximum absolute atomic E-state index is 12.2. The lowest BCUT2D eigenvalue weighted by molar-refractivity contribution is -0.134. The van der Waals surface area contributed by atoms with Gasteiger partial charge in [-0.25, -0.2) is 0 Å². The maximum atomic E-state index is 12.2. The zero-order chi connectivity index (χ0) is 12.3. The molecule has 0 aromatic rings. The number of nitrogens with one attached hydrogen (secondary N) is 1. The fraction of sp³-hybridized carbons (Fsp3) is 0.917. The van der Waals surface area contributed by atoms with Gasteiger partial charge in [-0.05, 0) is 26.8 Å². The molecule has 0 aromatic heterocycles. The van der Waals surface area contributed by atoms with Crippen LogP contribution in [0.5, 0.6) is 0 Å². The first-order valence-corrected chi connectivity index (χ1v) is 6.12. The molecule has 0 aliphatic carbocycles. The monoisotopic (exact) mass is 227 g/mol. The number of hydrogen-bond acceptors (Lipinski definition) is 3. The summed E-state index contributed by atoms with van der Waals surface area (Å²) in [5, 5.41) is 3.13. The smallest absolute Gasteiger partial charge is 0.241 e. The zero-order valence-electron chi connectivity index (χ0n) is 11.2. The van der Waals surface area contributed by atoms with E-state index >= 15 is 0 Å². The molecule has 4 nitrogen and oxygen atoms in total. The highest BCUT2D eigenvalue weighted by atomic mass is 16.2. The number of nitrogens with zero attached hydrogens (tertiary/aromatic N) is 2. The summed E-state index contributed by atoms with van der Waals surface area (Å²) >= 11 is 0. The molecule has 0 saturated carbocycles. The maximum Gasteiger partial charge on any atom is 0.241 e. The number of carbonyl (C=O) groups excluding carboxylic acids is 1. The highest BCUT2D eigenvalue weighted by molar-refractivity contribution is 5.82. The Balaban J connectivity index is 2.89. The lowest BCUT2D eigenvalue weighted by atomic mass is 10.1. The molecule has 2 unspecified atom stereocenters. The minimum atomic E-state index is -0.0139. The second-order valence-corrected chi connectivity index (χ2v) is 5.19. The van der Waals surface area contributed by atoms with Crippen LogP contribution in [-0.4, -0.2) is 61.5 Å². The normalized spacial score (nSPS) is 28.6. The Labute approximate surface area is 99.0 Å². The van der Waals surface area contributed by atoms with Crippen molar-refractivity contribution in [3.05, 3.63) is 0 Å². The molecule has 1 saturated heterocycles. The fourth-order valence-electron chi connectivity index (χ4n) is 2.47. The number of hydrogen-bond donors (Lipinski definition) is 1. The third-order valence-corrected chi connectivity index (χ3v) is 3.23. The minimum Gasteiger partial charge on any atom is -0.344 e. The summed E-state index contributed by atoms with van der Waals surface area (Å²) in [7, 11) is 3.81. The average Bonchev–Trinajstić information content (AvgIpc) is 2.30. The number of rotatable bonds is 3. The van der Waals surface area contributed by atoms with E-state index in [9.17, 15) is 4.79 Å². The van der Waals surface area contributed by atoms with Crippen molar-refractivity contribution in [1.82, 2.24) is 15.1 Å². The lowest BCUT2D eigenvalue weighted by Crippen LogP contribution is -2.52. The Morgan fingerprint density at radius 2 is 2.06 bits per heavy atom. The molecule has 16 heavy (non-hydrogen) atoms. The van der Waals surface area contributed by atoms with Crippen LogP contribution in [-0.2, 0) is 4.79 Å². The van der Waals surface area contributed by atoms with E-state index in [-0.39, 0.29) is 11.9 Å². The summed E-state index contributed by atoms with van der Waals surface area (Å²) in [6.07, 6.45) is 0. The molecule has 0 bridgehead atoms. The second kappa shape index (κ2) is 5.64. The number of carbonyl (C=O) groups is 1. The van der Waals surface area contributed by atoms with Crippen molar-refractivity contribution in [2.75, 3.05) is 33.7 Å². The predicted molar refractivity (Wildman–Crippen MR) is 66.4 cm³/mol. The van der Waals surface area contributed by atoms with Gasteiger partial charge in [0, 0.05) is 32.7 Å². The van der Waals surface area contributed by atoms with E-state index in [0.29, 0.717) is 12.0 Å². The van der Waals surface area contributed by atoms with Crippen molar-refractivity contribution < 1.29 is 4.79 Å². The molecule has 1 fully saturated rings. The first kappa shape index (κ1) is 13.5. The third kappa shape index (κ3) is 2.95. The molecule has 1 heterocycles. The molecule has 0 spiro atoms. The number of likely N-dealkylation sites (N-methyl/N-ethyl adjacent to an activating group) is 2. The molecule has 0 radical (unpaired) electrons. The van der Waals surface area contributed by atoms with Crippen molar-refractivity contribution in [3.8, 4) is 0 Å². The van der Waals surface area contributed by atoms with E-state index in [1.165, 1.54) is 0 Å². The summed E-state index contributed by atoms with van der Waals surface area (Å²) < 4.78 is 0. The highest BCUT2D eigenvalue weighted by Crippen LogP contribution is 2.16. The summed E-state index contributed by atoms with van der Waals surface area (Å²) in [5.74, 6) is 0.783. The van der Waals surface area contributed by atoms with Crippen molar-refractivity contribution in [2.45, 2.75) is 32.9 Å². The Bertz CT molecular complexity index is 242. The molecular formula is C12H25N3O. The van der Waals surface area contributed by atoms with Crippen LogP contribution in [0.2, 0.25) is 0 Å². The van der Waals surface area contributed by atoms with E-state index in [0.717, 1.165) is 19.6 Å². The molecule has 1 aliphatic heterocycles. The van der Waals surface area contributed by atoms with Crippen molar-refractivity contribution in [3.63, 3.8) is 0 Å². The van der Waals surface area contributed by atoms with Gasteiger partial charge in [0.2, 0.25) is 5.91 Å². The van der Waals surface area contributed by atoms with Gasteiger partial charge in [-0.3, -0.25) is 9.69 Å². The van der Waals surface area contributed by atoms with Gasteiger partial charge >= 0.3 is 0 Å². The van der Waals surface area contributed by atoms with Crippen LogP contribution in [0.3, 0.4) is 0 Å². The third-order valence-electron chi connectivity index (χ3n) is 3.23. The Kier molecular flexibility index (Phi) is 4.74. The quantitative estimate of drug-likeness (QED) is 0.758. The second-order valence-electron chi connectivity index (χ2n) is 5.19. The van der Waals surface area contributed by atoms with Crippen LogP contribution in [0.15, 0.2) is 0 Å². The zero-order valence-corrected chi connectivity index (χ0v) is 11.2. The van der Waals surface area contributed by atoms with E-state index in [1.54, 1.807) is 0 Å². The molecule has 0 aromatic carbocycles. The fourth-order valence-corrected chi connectivity index (χ4v) is 2.47. The molecule has 1 amide bonds. The van der Waals surface area contributed by atoms with Crippen LogP contribution in [0.4, 0.5) is 0 Å². The van der Waals surface area contributed by atoms with Gasteiger partial charge in [-0.2, -0.15) is 0 Å². The summed E-state index contributed by atoms with van der Waals surface area (Å²) in [4.78, 5) is 16.4. The largest absolute Gasteiger partial charge is 0.344 e. The van der Waals surface area contributed by atoms with Gasteiger partial charge in [0.1, 0.15) is 6.04 Å². The average molecular weight is 227 g/mol. The molecule has 1 aliphatic rings. The van der Waals surface area contributed by atoms with Gasteiger partial charge in [-0.1, -0.05) is 6.92 Å². The topological polar surface area (TPSA) is 35.6 Å². The van der Waals surface area contributed by atoms with Crippen LogP contribution < -0.4 is 5.32 Å². The van der Waals surface area contributed by atoms with Gasteiger partial charge in [0.25, 0.3) is 0 Å². The van der Waals surface area contributed by atoms with E-state index in [1.807, 2.05) is 19.0 Å². The lowest BCUT2D eigenvalue weighted by Gasteiger charge is -2.33. The van der Waals surface area contributed by atoms with Crippen molar-refractivity contribution in [2.24, 2.45) is 5.92 Å². The molecule has 1 rings (SSSR count). The molecule has 2 atom stereocenters. The highest BCUT2D eigenvalue weighted by Gasteiger charge is 2.34. The van der Waals surface area contributed by atoms with Crippen LogP contribution in [0.1, 0.15) is 20.8 Å². The SMILES string of the molecule is CNCC1C(=O)N(C)CC(C)CN1C(C)C. The first-order chi connectivity index (χ1) is 7.47. The van der Waals surface area contributed by atoms with Crippen LogP contribution in [0.25, 0.3) is 0 Å². The molecule has 1 N–H and O–H groups in total. The predicted octanol–water partition coefficient (Wildman–Crippen LogP) is 0.393. The minimum absolute atomic E-state index is 0.0139. The van der Waals surface area contributed by atoms with Gasteiger partial charge in [-0.15, -0.1) is 0 Å². The van der Waals surface area contributed by atoms with E-state index in [4.69, 9.17) is 0 Å². The van der Waals surface area contributed by atoms with Crippen LogP contribution in [0, 0.1) is 5.92 Å². The number of amides is 1. The van der Waals surface area contributed by atoms with Crippen LogP contribution >= 0.6 is 0 Å². The Hall–Kier alpha value is -0.610. The van der Waals surface area contributed by atoms with Crippen molar-refractivity contribution >= 4 is 5.91 Å². The molecular weight excluding hydrogens is 202 g/mol. The van der Waals surface area contributed by atoms with E-state index in [2.05, 4.69) is 31.0 Å². The molecule has 94 valence electrons. The summed E-state index contributed by atoms with van der Waals surface area (Å²) in [6.45, 7) is 9.12. The first-order valence-electron chi connectivity index (χ1n) is 6.12. The van der Waals surface area contributed by atoms with Gasteiger partial charge < -0.3 is 10.2 Å². The van der Waals surface area contributed by atoms with E-state index < -0.39 is 0 Å². The molecule has 4 heteroatoms. The van der Waals surface area contributed by atoms with Crippen molar-refractivity contribution in [1.29, 1.82) is 0 Å². The summed E-state index contributed by atoms with van der Waals surface area (Å²) in [5.41, 5.74) is 0.